The van der Waals surface area contributed by atoms with Crippen LogP contribution in [-0.4, -0.2) is 30.5 Å². The van der Waals surface area contributed by atoms with Crippen molar-refractivity contribution in [2.24, 2.45) is 0 Å². The average molecular weight is 492 g/mol. The highest BCUT2D eigenvalue weighted by Crippen LogP contribution is 2.31. The minimum absolute atomic E-state index is 0.0551. The molecule has 4 rings (SSSR count). The number of carbonyl (C=O) groups is 2. The van der Waals surface area contributed by atoms with Gasteiger partial charge in [0.1, 0.15) is 6.54 Å². The molecule has 1 amide bonds. The molecule has 0 aliphatic carbocycles. The molecular weight excluding hydrogens is 470 g/mol. The Morgan fingerprint density at radius 2 is 1.58 bits per heavy atom. The van der Waals surface area contributed by atoms with E-state index in [1.807, 2.05) is 6.92 Å². The lowest BCUT2D eigenvalue weighted by atomic mass is 10.0. The van der Waals surface area contributed by atoms with Gasteiger partial charge in [-0.15, -0.1) is 0 Å². The van der Waals surface area contributed by atoms with Crippen molar-refractivity contribution in [1.29, 1.82) is 0 Å². The van der Waals surface area contributed by atoms with E-state index in [0.717, 1.165) is 17.7 Å². The van der Waals surface area contributed by atoms with Crippen LogP contribution in [-0.2, 0) is 11.3 Å². The minimum Gasteiger partial charge on any atom is -0.493 e. The summed E-state index contributed by atoms with van der Waals surface area (Å²) in [5, 5.41) is 2.63. The summed E-state index contributed by atoms with van der Waals surface area (Å²) in [7, 11) is 2.84. The number of nitrogens with one attached hydrogen (secondary N) is 1. The lowest BCUT2D eigenvalue weighted by Gasteiger charge is -2.16. The standard InChI is InChI=1S/C27H22F2N2O5/c1-15-4-6-16(7-5-15)26(33)19-13-31(14-25(32)30-17-8-9-20(28)21(29)10-17)22-12-24(36-3)23(35-2)11-18(22)27(19)34/h4-13H,14H2,1-3H3,(H,30,32). The first-order valence-electron chi connectivity index (χ1n) is 10.9. The average Bonchev–Trinajstić information content (AvgIpc) is 2.87. The number of nitrogens with zero attached hydrogens (tertiary/aromatic N) is 1. The number of methoxy groups -OCH3 is 2. The molecular formula is C27H22F2N2O5. The molecule has 0 aliphatic heterocycles. The first-order chi connectivity index (χ1) is 17.2. The Morgan fingerprint density at radius 1 is 0.917 bits per heavy atom. The molecule has 9 heteroatoms. The van der Waals surface area contributed by atoms with Crippen molar-refractivity contribution < 1.29 is 27.8 Å². The molecule has 0 unspecified atom stereocenters. The molecule has 1 N–H and O–H groups in total. The van der Waals surface area contributed by atoms with Crippen LogP contribution in [0, 0.1) is 18.6 Å². The Balaban J connectivity index is 1.82. The number of fused-ring (bicyclic) bond motifs is 1. The van der Waals surface area contributed by atoms with Crippen molar-refractivity contribution in [3.05, 3.63) is 99.3 Å². The van der Waals surface area contributed by atoms with Gasteiger partial charge in [-0.2, -0.15) is 0 Å². The molecule has 0 saturated heterocycles. The molecule has 0 fully saturated rings. The zero-order valence-corrected chi connectivity index (χ0v) is 19.7. The second-order valence-electron chi connectivity index (χ2n) is 8.10. The number of ether oxygens (including phenoxy) is 2. The highest BCUT2D eigenvalue weighted by atomic mass is 19.2. The van der Waals surface area contributed by atoms with E-state index in [0.29, 0.717) is 16.8 Å². The number of pyridine rings is 1. The minimum atomic E-state index is -1.11. The first kappa shape index (κ1) is 24.6. The predicted octanol–water partition coefficient (Wildman–Crippen LogP) is 4.48. The van der Waals surface area contributed by atoms with Gasteiger partial charge in [0, 0.05) is 29.6 Å². The highest BCUT2D eigenvalue weighted by Gasteiger charge is 2.20. The summed E-state index contributed by atoms with van der Waals surface area (Å²) in [6.45, 7) is 1.54. The molecule has 0 radical (unpaired) electrons. The van der Waals surface area contributed by atoms with Gasteiger partial charge in [-0.05, 0) is 25.1 Å². The zero-order chi connectivity index (χ0) is 26.0. The quantitative estimate of drug-likeness (QED) is 0.385. The van der Waals surface area contributed by atoms with E-state index in [4.69, 9.17) is 9.47 Å². The number of amides is 1. The monoisotopic (exact) mass is 492 g/mol. The Labute approximate surface area is 204 Å². The molecule has 184 valence electrons. The second kappa shape index (κ2) is 9.99. The maximum Gasteiger partial charge on any atom is 0.244 e. The zero-order valence-electron chi connectivity index (χ0n) is 19.7. The molecule has 0 saturated carbocycles. The Kier molecular flexibility index (Phi) is 6.82. The number of rotatable bonds is 7. The van der Waals surface area contributed by atoms with E-state index in [9.17, 15) is 23.2 Å². The van der Waals surface area contributed by atoms with Gasteiger partial charge in [0.25, 0.3) is 0 Å². The molecule has 0 spiro atoms. The number of hydrogen-bond donors (Lipinski definition) is 1. The van der Waals surface area contributed by atoms with Gasteiger partial charge < -0.3 is 19.4 Å². The van der Waals surface area contributed by atoms with Crippen LogP contribution in [0.15, 0.2) is 65.6 Å². The fourth-order valence-corrected chi connectivity index (χ4v) is 3.80. The summed E-state index contributed by atoms with van der Waals surface area (Å²) in [5.74, 6) is -2.65. The van der Waals surface area contributed by atoms with Gasteiger partial charge in [-0.3, -0.25) is 14.4 Å². The number of anilines is 1. The molecule has 36 heavy (non-hydrogen) atoms. The SMILES string of the molecule is COc1cc2c(=O)c(C(=O)c3ccc(C)cc3)cn(CC(=O)Nc3ccc(F)c(F)c3)c2cc1OC. The third-order valence-electron chi connectivity index (χ3n) is 5.66. The van der Waals surface area contributed by atoms with E-state index in [1.165, 1.54) is 43.2 Å². The normalized spacial score (nSPS) is 10.8. The van der Waals surface area contributed by atoms with Crippen LogP contribution in [0.2, 0.25) is 0 Å². The molecule has 0 aliphatic rings. The Morgan fingerprint density at radius 3 is 2.22 bits per heavy atom. The lowest BCUT2D eigenvalue weighted by Crippen LogP contribution is -2.24. The molecule has 7 nitrogen and oxygen atoms in total. The number of halogens is 2. The topological polar surface area (TPSA) is 86.6 Å². The summed E-state index contributed by atoms with van der Waals surface area (Å²) in [6.07, 6.45) is 1.31. The summed E-state index contributed by atoms with van der Waals surface area (Å²) in [4.78, 5) is 39.4. The molecule has 3 aromatic carbocycles. The van der Waals surface area contributed by atoms with Crippen molar-refractivity contribution in [2.75, 3.05) is 19.5 Å². The smallest absolute Gasteiger partial charge is 0.244 e. The number of ketones is 1. The van der Waals surface area contributed by atoms with Crippen LogP contribution in [0.1, 0.15) is 21.5 Å². The van der Waals surface area contributed by atoms with Crippen molar-refractivity contribution in [3.63, 3.8) is 0 Å². The van der Waals surface area contributed by atoms with Gasteiger partial charge in [-0.1, -0.05) is 29.8 Å². The number of carbonyl (C=O) groups excluding carboxylic acids is 2. The summed E-state index contributed by atoms with van der Waals surface area (Å²) < 4.78 is 38.9. The third-order valence-corrected chi connectivity index (χ3v) is 5.66. The van der Waals surface area contributed by atoms with Crippen molar-refractivity contribution in [1.82, 2.24) is 4.57 Å². The Hall–Kier alpha value is -4.53. The largest absolute Gasteiger partial charge is 0.493 e. The van der Waals surface area contributed by atoms with E-state index >= 15 is 0 Å². The van der Waals surface area contributed by atoms with E-state index in [1.54, 1.807) is 24.3 Å². The summed E-state index contributed by atoms with van der Waals surface area (Å²) in [6, 6.07) is 12.7. The fraction of sp³-hybridized carbons (Fsp3) is 0.148. The van der Waals surface area contributed by atoms with E-state index in [2.05, 4.69) is 5.32 Å². The first-order valence-corrected chi connectivity index (χ1v) is 10.9. The third kappa shape index (κ3) is 4.81. The molecule has 1 heterocycles. The van der Waals surface area contributed by atoms with Crippen LogP contribution in [0.25, 0.3) is 10.9 Å². The molecule has 4 aromatic rings. The maximum atomic E-state index is 13.6. The van der Waals surface area contributed by atoms with Crippen LogP contribution >= 0.6 is 0 Å². The second-order valence-corrected chi connectivity index (χ2v) is 8.10. The van der Waals surface area contributed by atoms with E-state index in [-0.39, 0.29) is 28.9 Å². The van der Waals surface area contributed by atoms with Gasteiger partial charge in [0.15, 0.2) is 28.9 Å². The number of aromatic nitrogens is 1. The van der Waals surface area contributed by atoms with Gasteiger partial charge in [0.05, 0.1) is 30.7 Å². The van der Waals surface area contributed by atoms with E-state index < -0.39 is 28.8 Å². The van der Waals surface area contributed by atoms with Gasteiger partial charge >= 0.3 is 0 Å². The van der Waals surface area contributed by atoms with Crippen molar-refractivity contribution in [2.45, 2.75) is 13.5 Å². The van der Waals surface area contributed by atoms with Crippen LogP contribution in [0.3, 0.4) is 0 Å². The number of aryl methyl sites for hydroxylation is 1. The molecule has 0 bridgehead atoms. The van der Waals surface area contributed by atoms with Gasteiger partial charge in [-0.25, -0.2) is 8.78 Å². The summed E-state index contributed by atoms with van der Waals surface area (Å²) in [5.41, 5.74) is 0.967. The van der Waals surface area contributed by atoms with Crippen LogP contribution in [0.5, 0.6) is 11.5 Å². The highest BCUT2D eigenvalue weighted by molar-refractivity contribution is 6.10. The maximum absolute atomic E-state index is 13.6. The lowest BCUT2D eigenvalue weighted by molar-refractivity contribution is -0.116. The van der Waals surface area contributed by atoms with Crippen LogP contribution < -0.4 is 20.2 Å². The summed E-state index contributed by atoms with van der Waals surface area (Å²) >= 11 is 0. The van der Waals surface area contributed by atoms with Crippen molar-refractivity contribution >= 4 is 28.3 Å². The molecule has 0 atom stereocenters. The Bertz CT molecular complexity index is 1550. The fourth-order valence-electron chi connectivity index (χ4n) is 3.80. The predicted molar refractivity (Wildman–Crippen MR) is 131 cm³/mol. The number of hydrogen-bond acceptors (Lipinski definition) is 5. The molecule has 1 aromatic heterocycles. The number of benzene rings is 3. The van der Waals surface area contributed by atoms with Crippen molar-refractivity contribution in [3.8, 4) is 11.5 Å². The van der Waals surface area contributed by atoms with Gasteiger partial charge in [0.2, 0.25) is 11.3 Å². The van der Waals surface area contributed by atoms with Crippen LogP contribution in [0.4, 0.5) is 14.5 Å².